The predicted octanol–water partition coefficient (Wildman–Crippen LogP) is 1.10. The number of carbonyl (C=O) groups excluding carboxylic acids is 1. The van der Waals surface area contributed by atoms with Gasteiger partial charge in [0.15, 0.2) is 0 Å². The molecule has 21 heavy (non-hydrogen) atoms. The van der Waals surface area contributed by atoms with Crippen LogP contribution >= 0.6 is 0 Å². The maximum Gasteiger partial charge on any atom is 0.270 e. The summed E-state index contributed by atoms with van der Waals surface area (Å²) >= 11 is 0. The minimum absolute atomic E-state index is 0.113. The Hall–Kier alpha value is -2.50. The molecule has 1 amide bonds. The van der Waals surface area contributed by atoms with Crippen LogP contribution in [0.25, 0.3) is 0 Å². The second kappa shape index (κ2) is 5.47. The zero-order valence-electron chi connectivity index (χ0n) is 12.1. The molecule has 0 unspecified atom stereocenters. The average molecular weight is 283 g/mol. The van der Waals surface area contributed by atoms with Crippen LogP contribution in [0.1, 0.15) is 27.4 Å². The van der Waals surface area contributed by atoms with E-state index in [1.165, 1.54) is 0 Å². The second-order valence-corrected chi connectivity index (χ2v) is 5.14. The van der Waals surface area contributed by atoms with Crippen molar-refractivity contribution in [2.24, 2.45) is 0 Å². The first-order chi connectivity index (χ1) is 10.1. The van der Waals surface area contributed by atoms with Crippen LogP contribution in [0.3, 0.4) is 0 Å². The highest BCUT2D eigenvalue weighted by Gasteiger charge is 2.24. The third-order valence-electron chi connectivity index (χ3n) is 3.48. The Kier molecular flexibility index (Phi) is 3.51. The van der Waals surface area contributed by atoms with Gasteiger partial charge in [-0.05, 0) is 25.0 Å². The van der Waals surface area contributed by atoms with Gasteiger partial charge in [0.2, 0.25) is 0 Å². The molecule has 0 aliphatic carbocycles. The maximum atomic E-state index is 11.9. The molecule has 0 saturated carbocycles. The minimum Gasteiger partial charge on any atom is -0.355 e. The van der Waals surface area contributed by atoms with Gasteiger partial charge in [-0.1, -0.05) is 6.07 Å². The van der Waals surface area contributed by atoms with Gasteiger partial charge >= 0.3 is 0 Å². The predicted molar refractivity (Wildman–Crippen MR) is 79.2 cm³/mol. The molecule has 1 N–H and O–H groups in total. The normalized spacial score (nSPS) is 13.5. The Morgan fingerprint density at radius 1 is 1.38 bits per heavy atom. The topological polar surface area (TPSA) is 71.0 Å². The van der Waals surface area contributed by atoms with Crippen LogP contribution in [0, 0.1) is 6.92 Å². The summed E-state index contributed by atoms with van der Waals surface area (Å²) in [6, 6.07) is 3.94. The Morgan fingerprint density at radius 3 is 3.00 bits per heavy atom. The summed E-state index contributed by atoms with van der Waals surface area (Å²) < 4.78 is 0. The van der Waals surface area contributed by atoms with Crippen LogP contribution in [0.4, 0.5) is 5.82 Å². The highest BCUT2D eigenvalue weighted by Crippen LogP contribution is 2.24. The molecule has 0 saturated heterocycles. The van der Waals surface area contributed by atoms with E-state index in [-0.39, 0.29) is 5.91 Å². The van der Waals surface area contributed by atoms with E-state index in [0.717, 1.165) is 23.4 Å². The number of pyridine rings is 1. The summed E-state index contributed by atoms with van der Waals surface area (Å²) in [5, 5.41) is 2.82. The zero-order valence-corrected chi connectivity index (χ0v) is 12.1. The number of hydrogen-bond acceptors (Lipinski definition) is 5. The van der Waals surface area contributed by atoms with Gasteiger partial charge < -0.3 is 10.2 Å². The molecule has 2 aromatic heterocycles. The quantitative estimate of drug-likeness (QED) is 0.913. The van der Waals surface area contributed by atoms with Crippen LogP contribution in [-0.4, -0.2) is 34.5 Å². The van der Waals surface area contributed by atoms with E-state index in [0.29, 0.717) is 24.6 Å². The molecular formula is C15H17N5O. The van der Waals surface area contributed by atoms with E-state index < -0.39 is 0 Å². The van der Waals surface area contributed by atoms with Crippen molar-refractivity contribution in [1.82, 2.24) is 20.3 Å². The number of carbonyl (C=O) groups is 1. The van der Waals surface area contributed by atoms with Crippen molar-refractivity contribution in [2.75, 3.05) is 18.5 Å². The largest absolute Gasteiger partial charge is 0.355 e. The molecule has 0 bridgehead atoms. The SMILES string of the molecule is Cc1nc2c(c(N(C)Cc3cccnc3)n1)CCNC2=O. The summed E-state index contributed by atoms with van der Waals surface area (Å²) in [5.74, 6) is 1.33. The number of hydrogen-bond donors (Lipinski definition) is 1. The fraction of sp³-hybridized carbons (Fsp3) is 0.333. The van der Waals surface area contributed by atoms with Crippen LogP contribution in [0.2, 0.25) is 0 Å². The molecule has 6 nitrogen and oxygen atoms in total. The van der Waals surface area contributed by atoms with E-state index in [1.54, 1.807) is 6.20 Å². The second-order valence-electron chi connectivity index (χ2n) is 5.14. The molecule has 6 heteroatoms. The van der Waals surface area contributed by atoms with Gasteiger partial charge in [0.1, 0.15) is 17.3 Å². The average Bonchev–Trinajstić information content (AvgIpc) is 2.48. The van der Waals surface area contributed by atoms with Crippen LogP contribution in [0.5, 0.6) is 0 Å². The van der Waals surface area contributed by atoms with Crippen molar-refractivity contribution >= 4 is 11.7 Å². The zero-order chi connectivity index (χ0) is 14.8. The van der Waals surface area contributed by atoms with Gasteiger partial charge in [-0.15, -0.1) is 0 Å². The highest BCUT2D eigenvalue weighted by molar-refractivity contribution is 5.96. The van der Waals surface area contributed by atoms with Crippen LogP contribution < -0.4 is 10.2 Å². The fourth-order valence-electron chi connectivity index (χ4n) is 2.54. The number of rotatable bonds is 3. The molecule has 2 aromatic rings. The Labute approximate surface area is 123 Å². The number of nitrogens with one attached hydrogen (secondary N) is 1. The van der Waals surface area contributed by atoms with Crippen molar-refractivity contribution in [1.29, 1.82) is 0 Å². The van der Waals surface area contributed by atoms with Crippen molar-refractivity contribution in [3.63, 3.8) is 0 Å². The third kappa shape index (κ3) is 2.69. The molecule has 108 valence electrons. The highest BCUT2D eigenvalue weighted by atomic mass is 16.1. The van der Waals surface area contributed by atoms with Crippen LogP contribution in [-0.2, 0) is 13.0 Å². The molecule has 0 aromatic carbocycles. The Morgan fingerprint density at radius 2 is 2.24 bits per heavy atom. The maximum absolute atomic E-state index is 11.9. The molecule has 0 atom stereocenters. The number of fused-ring (bicyclic) bond motifs is 1. The van der Waals surface area contributed by atoms with Crippen molar-refractivity contribution in [3.05, 3.63) is 47.2 Å². The molecule has 1 aliphatic rings. The lowest BCUT2D eigenvalue weighted by atomic mass is 10.1. The molecular weight excluding hydrogens is 266 g/mol. The molecule has 0 fully saturated rings. The minimum atomic E-state index is -0.113. The number of anilines is 1. The molecule has 1 aliphatic heterocycles. The Bertz CT molecular complexity index is 671. The lowest BCUT2D eigenvalue weighted by Gasteiger charge is -2.25. The van der Waals surface area contributed by atoms with E-state index in [1.807, 2.05) is 37.2 Å². The summed E-state index contributed by atoms with van der Waals surface area (Å²) in [6.45, 7) is 3.13. The molecule has 3 heterocycles. The fourth-order valence-corrected chi connectivity index (χ4v) is 2.54. The van der Waals surface area contributed by atoms with E-state index in [2.05, 4.69) is 20.3 Å². The summed E-state index contributed by atoms with van der Waals surface area (Å²) in [6.07, 6.45) is 4.35. The van der Waals surface area contributed by atoms with Gasteiger partial charge in [0.05, 0.1) is 0 Å². The standard InChI is InChI=1S/C15H17N5O/c1-10-18-13-12(5-7-17-15(13)21)14(19-10)20(2)9-11-4-3-6-16-8-11/h3-4,6,8H,5,7,9H2,1-2H3,(H,17,21). The molecule has 3 rings (SSSR count). The third-order valence-corrected chi connectivity index (χ3v) is 3.48. The van der Waals surface area contributed by atoms with Gasteiger partial charge in [-0.25, -0.2) is 9.97 Å². The lowest BCUT2D eigenvalue weighted by Crippen LogP contribution is -2.35. The number of aryl methyl sites for hydroxylation is 1. The van der Waals surface area contributed by atoms with Gasteiger partial charge in [0, 0.05) is 38.1 Å². The first-order valence-corrected chi connectivity index (χ1v) is 6.91. The number of nitrogens with zero attached hydrogens (tertiary/aromatic N) is 4. The lowest BCUT2D eigenvalue weighted by molar-refractivity contribution is 0.0940. The molecule has 0 radical (unpaired) electrons. The van der Waals surface area contributed by atoms with Crippen molar-refractivity contribution in [2.45, 2.75) is 19.9 Å². The Balaban J connectivity index is 1.96. The summed E-state index contributed by atoms with van der Waals surface area (Å²) in [5.41, 5.74) is 2.53. The van der Waals surface area contributed by atoms with E-state index >= 15 is 0 Å². The molecule has 0 spiro atoms. The number of amides is 1. The van der Waals surface area contributed by atoms with Crippen molar-refractivity contribution < 1.29 is 4.79 Å². The smallest absolute Gasteiger partial charge is 0.270 e. The van der Waals surface area contributed by atoms with Gasteiger partial charge in [-0.2, -0.15) is 0 Å². The van der Waals surface area contributed by atoms with E-state index in [4.69, 9.17) is 0 Å². The summed E-state index contributed by atoms with van der Waals surface area (Å²) in [4.78, 5) is 26.9. The van der Waals surface area contributed by atoms with Crippen LogP contribution in [0.15, 0.2) is 24.5 Å². The van der Waals surface area contributed by atoms with Crippen molar-refractivity contribution in [3.8, 4) is 0 Å². The monoisotopic (exact) mass is 283 g/mol. The van der Waals surface area contributed by atoms with Gasteiger partial charge in [-0.3, -0.25) is 9.78 Å². The van der Waals surface area contributed by atoms with E-state index in [9.17, 15) is 4.79 Å². The first kappa shape index (κ1) is 13.5. The number of aromatic nitrogens is 3. The summed E-state index contributed by atoms with van der Waals surface area (Å²) in [7, 11) is 1.97. The van der Waals surface area contributed by atoms with Gasteiger partial charge in [0.25, 0.3) is 5.91 Å². The first-order valence-electron chi connectivity index (χ1n) is 6.91.